The first-order valence-corrected chi connectivity index (χ1v) is 11.8. The molecule has 2 heterocycles. The highest BCUT2D eigenvalue weighted by atomic mass is 19.1. The number of halogens is 1. The fraction of sp³-hybridized carbons (Fsp3) is 0.625. The lowest BCUT2D eigenvalue weighted by Crippen LogP contribution is -2.47. The Morgan fingerprint density at radius 2 is 1.82 bits per heavy atom. The van der Waals surface area contributed by atoms with Crippen LogP contribution in [0.5, 0.6) is 0 Å². The summed E-state index contributed by atoms with van der Waals surface area (Å²) in [6, 6.07) is 4.83. The zero-order chi connectivity index (χ0) is 23.8. The van der Waals surface area contributed by atoms with Crippen molar-refractivity contribution in [3.8, 4) is 0 Å². The number of carbonyl (C=O) groups excluding carboxylic acids is 3. The van der Waals surface area contributed by atoms with Crippen molar-refractivity contribution >= 4 is 17.8 Å². The predicted octanol–water partition coefficient (Wildman–Crippen LogP) is 2.33. The van der Waals surface area contributed by atoms with E-state index in [-0.39, 0.29) is 12.5 Å². The zero-order valence-corrected chi connectivity index (χ0v) is 19.6. The molecular formula is C24H35FN4O4. The first kappa shape index (κ1) is 25.1. The second kappa shape index (κ2) is 11.6. The lowest BCUT2D eigenvalue weighted by molar-refractivity contribution is -0.139. The molecule has 0 radical (unpaired) electrons. The number of carbonyl (C=O) groups is 3. The molecule has 0 aromatic heterocycles. The van der Waals surface area contributed by atoms with Gasteiger partial charge < -0.3 is 15.0 Å². The summed E-state index contributed by atoms with van der Waals surface area (Å²) >= 11 is 0. The van der Waals surface area contributed by atoms with Gasteiger partial charge in [0.25, 0.3) is 5.91 Å². The van der Waals surface area contributed by atoms with E-state index in [0.717, 1.165) is 50.2 Å². The smallest absolute Gasteiger partial charge is 0.325 e. The lowest BCUT2D eigenvalue weighted by atomic mass is 9.92. The number of ether oxygens (including phenoxy) is 1. The maximum absolute atomic E-state index is 13.3. The van der Waals surface area contributed by atoms with E-state index in [1.807, 2.05) is 0 Å². The third-order valence-corrected chi connectivity index (χ3v) is 6.41. The summed E-state index contributed by atoms with van der Waals surface area (Å²) in [6.45, 7) is 8.33. The Balaban J connectivity index is 1.65. The maximum atomic E-state index is 13.3. The van der Waals surface area contributed by atoms with Crippen LogP contribution < -0.4 is 5.32 Å². The van der Waals surface area contributed by atoms with Crippen LogP contribution >= 0.6 is 0 Å². The highest BCUT2D eigenvalue weighted by Gasteiger charge is 2.49. The quantitative estimate of drug-likeness (QED) is 0.403. The number of rotatable bonds is 11. The van der Waals surface area contributed by atoms with E-state index in [0.29, 0.717) is 31.9 Å². The van der Waals surface area contributed by atoms with Gasteiger partial charge in [-0.3, -0.25) is 19.4 Å². The van der Waals surface area contributed by atoms with Crippen molar-refractivity contribution in [1.82, 2.24) is 20.0 Å². The summed E-state index contributed by atoms with van der Waals surface area (Å²) in [4.78, 5) is 43.9. The van der Waals surface area contributed by atoms with Crippen molar-refractivity contribution in [3.05, 3.63) is 35.6 Å². The summed E-state index contributed by atoms with van der Waals surface area (Å²) < 4.78 is 18.7. The van der Waals surface area contributed by atoms with Crippen LogP contribution in [0.2, 0.25) is 0 Å². The topological polar surface area (TPSA) is 82.2 Å². The number of morpholine rings is 1. The van der Waals surface area contributed by atoms with Gasteiger partial charge in [0.05, 0.1) is 13.2 Å². The normalized spacial score (nSPS) is 21.4. The van der Waals surface area contributed by atoms with Gasteiger partial charge in [-0.2, -0.15) is 0 Å². The molecule has 0 aliphatic carbocycles. The Bertz CT molecular complexity index is 828. The molecule has 0 bridgehead atoms. The van der Waals surface area contributed by atoms with E-state index in [1.54, 1.807) is 11.8 Å². The second-order valence-corrected chi connectivity index (χ2v) is 8.85. The van der Waals surface area contributed by atoms with Crippen molar-refractivity contribution in [2.24, 2.45) is 0 Å². The van der Waals surface area contributed by atoms with Gasteiger partial charge in [-0.1, -0.05) is 38.3 Å². The van der Waals surface area contributed by atoms with Gasteiger partial charge in [-0.25, -0.2) is 9.18 Å². The number of nitrogens with one attached hydrogen (secondary N) is 1. The standard InChI is InChI=1S/C24H35FN4O4/c1-3-4-5-6-11-28(13-12-27-14-16-33-17-15-27)21(30)18-29-22(31)24(2,26-23(29)32)19-7-9-20(25)10-8-19/h7-10H,3-6,11-18H2,1-2H3,(H,26,32). The van der Waals surface area contributed by atoms with Gasteiger partial charge in [0.2, 0.25) is 5.91 Å². The van der Waals surface area contributed by atoms with Gasteiger partial charge in [0.15, 0.2) is 0 Å². The molecule has 2 aliphatic rings. The maximum Gasteiger partial charge on any atom is 0.325 e. The van der Waals surface area contributed by atoms with E-state index in [4.69, 9.17) is 4.74 Å². The highest BCUT2D eigenvalue weighted by molar-refractivity contribution is 6.09. The van der Waals surface area contributed by atoms with Crippen LogP contribution in [0.1, 0.15) is 45.1 Å². The van der Waals surface area contributed by atoms with Crippen LogP contribution in [0.15, 0.2) is 24.3 Å². The van der Waals surface area contributed by atoms with Gasteiger partial charge in [0.1, 0.15) is 17.9 Å². The molecule has 0 spiro atoms. The zero-order valence-electron chi connectivity index (χ0n) is 19.6. The molecule has 2 fully saturated rings. The molecule has 0 saturated carbocycles. The van der Waals surface area contributed by atoms with E-state index in [1.165, 1.54) is 24.3 Å². The second-order valence-electron chi connectivity index (χ2n) is 8.85. The van der Waals surface area contributed by atoms with Crippen LogP contribution in [0, 0.1) is 5.82 Å². The minimum atomic E-state index is -1.33. The number of amides is 4. The van der Waals surface area contributed by atoms with Crippen molar-refractivity contribution in [2.45, 2.75) is 45.1 Å². The average molecular weight is 463 g/mol. The molecule has 182 valence electrons. The molecule has 1 aromatic rings. The number of hydrogen-bond donors (Lipinski definition) is 1. The molecule has 33 heavy (non-hydrogen) atoms. The van der Waals surface area contributed by atoms with E-state index < -0.39 is 23.3 Å². The van der Waals surface area contributed by atoms with Crippen LogP contribution in [0.4, 0.5) is 9.18 Å². The van der Waals surface area contributed by atoms with Crippen LogP contribution in [-0.4, -0.2) is 85.0 Å². The summed E-state index contributed by atoms with van der Waals surface area (Å²) in [5.74, 6) is -1.18. The third-order valence-electron chi connectivity index (χ3n) is 6.41. The number of imide groups is 1. The minimum Gasteiger partial charge on any atom is -0.379 e. The molecule has 1 unspecified atom stereocenters. The molecule has 1 aromatic carbocycles. The summed E-state index contributed by atoms with van der Waals surface area (Å²) in [5, 5.41) is 2.68. The molecule has 3 rings (SSSR count). The molecule has 2 aliphatic heterocycles. The van der Waals surface area contributed by atoms with Gasteiger partial charge >= 0.3 is 6.03 Å². The van der Waals surface area contributed by atoms with Gasteiger partial charge in [-0.15, -0.1) is 0 Å². The first-order valence-electron chi connectivity index (χ1n) is 11.8. The summed E-state index contributed by atoms with van der Waals surface area (Å²) in [5.41, 5.74) is -0.855. The summed E-state index contributed by atoms with van der Waals surface area (Å²) in [7, 11) is 0. The number of hydrogen-bond acceptors (Lipinski definition) is 5. The number of urea groups is 1. The highest BCUT2D eigenvalue weighted by Crippen LogP contribution is 2.29. The fourth-order valence-electron chi connectivity index (χ4n) is 4.23. The van der Waals surface area contributed by atoms with Crippen molar-refractivity contribution < 1.29 is 23.5 Å². The average Bonchev–Trinajstić information content (AvgIpc) is 3.03. The molecule has 1 atom stereocenters. The SMILES string of the molecule is CCCCCCN(CCN1CCOCC1)C(=O)CN1C(=O)NC(C)(c2ccc(F)cc2)C1=O. The molecule has 9 heteroatoms. The Kier molecular flexibility index (Phi) is 8.80. The Morgan fingerprint density at radius 3 is 2.48 bits per heavy atom. The predicted molar refractivity (Wildman–Crippen MR) is 122 cm³/mol. The fourth-order valence-corrected chi connectivity index (χ4v) is 4.23. The molecular weight excluding hydrogens is 427 g/mol. The lowest BCUT2D eigenvalue weighted by Gasteiger charge is -2.31. The Hall–Kier alpha value is -2.52. The molecule has 8 nitrogen and oxygen atoms in total. The molecule has 1 N–H and O–H groups in total. The summed E-state index contributed by atoms with van der Waals surface area (Å²) in [6.07, 6.45) is 4.13. The van der Waals surface area contributed by atoms with Gasteiger partial charge in [-0.05, 0) is 31.0 Å². The Labute approximate surface area is 195 Å². The van der Waals surface area contributed by atoms with E-state index in [2.05, 4.69) is 17.1 Å². The number of benzene rings is 1. The van der Waals surface area contributed by atoms with E-state index >= 15 is 0 Å². The number of unbranched alkanes of at least 4 members (excludes halogenated alkanes) is 3. The van der Waals surface area contributed by atoms with Crippen LogP contribution in [0.3, 0.4) is 0 Å². The number of nitrogens with zero attached hydrogens (tertiary/aromatic N) is 3. The van der Waals surface area contributed by atoms with Crippen molar-refractivity contribution in [1.29, 1.82) is 0 Å². The first-order chi connectivity index (χ1) is 15.8. The Morgan fingerprint density at radius 1 is 1.12 bits per heavy atom. The largest absolute Gasteiger partial charge is 0.379 e. The minimum absolute atomic E-state index is 0.244. The third kappa shape index (κ3) is 6.29. The van der Waals surface area contributed by atoms with Crippen molar-refractivity contribution in [3.63, 3.8) is 0 Å². The van der Waals surface area contributed by atoms with Crippen molar-refractivity contribution in [2.75, 3.05) is 52.5 Å². The van der Waals surface area contributed by atoms with Gasteiger partial charge in [0, 0.05) is 32.7 Å². The van der Waals surface area contributed by atoms with E-state index in [9.17, 15) is 18.8 Å². The van der Waals surface area contributed by atoms with Crippen LogP contribution in [-0.2, 0) is 19.9 Å². The monoisotopic (exact) mass is 462 g/mol. The molecule has 4 amide bonds. The molecule has 2 saturated heterocycles. The van der Waals surface area contributed by atoms with Crippen LogP contribution in [0.25, 0.3) is 0 Å².